The minimum atomic E-state index is 0. The zero-order chi connectivity index (χ0) is 7.72. The Morgan fingerprint density at radius 3 is 2.09 bits per heavy atom. The number of rotatable bonds is 0. The predicted molar refractivity (Wildman–Crippen MR) is 52.0 cm³/mol. The van der Waals surface area contributed by atoms with Gasteiger partial charge in [0.1, 0.15) is 0 Å². The summed E-state index contributed by atoms with van der Waals surface area (Å²) in [5, 5.41) is 0. The molecular formula is C8H13ClN2. The smallest absolute Gasteiger partial charge is 0.0394 e. The number of hydrogen-bond donors (Lipinski definition) is 2. The second kappa shape index (κ2) is 3.49. The Labute approximate surface area is 73.0 Å². The molecule has 0 aliphatic heterocycles. The summed E-state index contributed by atoms with van der Waals surface area (Å²) in [6.45, 7) is 3.90. The van der Waals surface area contributed by atoms with E-state index in [1.165, 1.54) is 0 Å². The fourth-order valence-corrected chi connectivity index (χ4v) is 0.881. The summed E-state index contributed by atoms with van der Waals surface area (Å²) in [7, 11) is 0. The highest BCUT2D eigenvalue weighted by Gasteiger charge is 1.99. The lowest BCUT2D eigenvalue weighted by Crippen LogP contribution is -1.97. The van der Waals surface area contributed by atoms with Crippen molar-refractivity contribution in [1.82, 2.24) is 0 Å². The van der Waals surface area contributed by atoms with E-state index in [2.05, 4.69) is 0 Å². The molecule has 0 aromatic heterocycles. The molecular weight excluding hydrogens is 160 g/mol. The summed E-state index contributed by atoms with van der Waals surface area (Å²) < 4.78 is 0. The van der Waals surface area contributed by atoms with Crippen molar-refractivity contribution in [3.05, 3.63) is 23.3 Å². The van der Waals surface area contributed by atoms with Crippen molar-refractivity contribution in [2.75, 3.05) is 11.5 Å². The fraction of sp³-hybridized carbons (Fsp3) is 0.250. The van der Waals surface area contributed by atoms with Gasteiger partial charge in [0.2, 0.25) is 0 Å². The van der Waals surface area contributed by atoms with E-state index < -0.39 is 0 Å². The molecule has 3 heteroatoms. The van der Waals surface area contributed by atoms with E-state index in [1.54, 1.807) is 0 Å². The lowest BCUT2D eigenvalue weighted by molar-refractivity contribution is 1.39. The minimum absolute atomic E-state index is 0. The minimum Gasteiger partial charge on any atom is -0.398 e. The first-order chi connectivity index (χ1) is 4.63. The number of nitrogen functional groups attached to an aromatic ring is 2. The number of hydrogen-bond acceptors (Lipinski definition) is 2. The van der Waals surface area contributed by atoms with E-state index >= 15 is 0 Å². The van der Waals surface area contributed by atoms with Crippen LogP contribution in [0.3, 0.4) is 0 Å². The fourth-order valence-electron chi connectivity index (χ4n) is 0.881. The zero-order valence-electron chi connectivity index (χ0n) is 6.72. The van der Waals surface area contributed by atoms with Crippen LogP contribution in [0.15, 0.2) is 12.1 Å². The van der Waals surface area contributed by atoms with Crippen LogP contribution in [0.4, 0.5) is 11.4 Å². The third-order valence-electron chi connectivity index (χ3n) is 1.77. The maximum atomic E-state index is 5.70. The maximum Gasteiger partial charge on any atom is 0.0394 e. The van der Waals surface area contributed by atoms with Crippen LogP contribution >= 0.6 is 12.4 Å². The second-order valence-electron chi connectivity index (χ2n) is 2.51. The Kier molecular flexibility index (Phi) is 3.20. The molecule has 0 aliphatic carbocycles. The summed E-state index contributed by atoms with van der Waals surface area (Å²) >= 11 is 0. The van der Waals surface area contributed by atoms with Gasteiger partial charge in [0.05, 0.1) is 0 Å². The molecule has 62 valence electrons. The van der Waals surface area contributed by atoms with E-state index in [9.17, 15) is 0 Å². The molecule has 0 saturated carbocycles. The molecule has 0 heterocycles. The molecule has 4 N–H and O–H groups in total. The molecule has 0 saturated heterocycles. The van der Waals surface area contributed by atoms with Gasteiger partial charge in [0, 0.05) is 11.4 Å². The van der Waals surface area contributed by atoms with Gasteiger partial charge in [-0.2, -0.15) is 0 Å². The Morgan fingerprint density at radius 1 is 1.09 bits per heavy atom. The molecule has 1 rings (SSSR count). The van der Waals surface area contributed by atoms with Crippen LogP contribution in [0, 0.1) is 13.8 Å². The first kappa shape index (κ1) is 10.1. The molecule has 0 bridgehead atoms. The lowest BCUT2D eigenvalue weighted by Gasteiger charge is -2.05. The summed E-state index contributed by atoms with van der Waals surface area (Å²) in [4.78, 5) is 0. The molecule has 1 aromatic carbocycles. The van der Waals surface area contributed by atoms with Crippen LogP contribution in [0.5, 0.6) is 0 Å². The van der Waals surface area contributed by atoms with Gasteiger partial charge < -0.3 is 11.5 Å². The largest absolute Gasteiger partial charge is 0.398 e. The molecule has 0 fully saturated rings. The number of aryl methyl sites for hydroxylation is 1. The van der Waals surface area contributed by atoms with Crippen molar-refractivity contribution < 1.29 is 0 Å². The Balaban J connectivity index is 0.000001000. The molecule has 2 nitrogen and oxygen atoms in total. The van der Waals surface area contributed by atoms with Crippen molar-refractivity contribution in [3.63, 3.8) is 0 Å². The normalized spacial score (nSPS) is 8.91. The van der Waals surface area contributed by atoms with Gasteiger partial charge in [-0.05, 0) is 31.0 Å². The summed E-state index contributed by atoms with van der Waals surface area (Å²) in [5.74, 6) is 0. The molecule has 11 heavy (non-hydrogen) atoms. The van der Waals surface area contributed by atoms with E-state index in [0.29, 0.717) is 0 Å². The van der Waals surface area contributed by atoms with Gasteiger partial charge in [-0.25, -0.2) is 0 Å². The summed E-state index contributed by atoms with van der Waals surface area (Å²) in [6, 6.07) is 3.80. The molecule has 0 amide bonds. The average Bonchev–Trinajstić information content (AvgIpc) is 1.93. The number of halogens is 1. The number of anilines is 2. The molecule has 0 radical (unpaired) electrons. The maximum absolute atomic E-state index is 5.70. The van der Waals surface area contributed by atoms with Gasteiger partial charge in [0.25, 0.3) is 0 Å². The topological polar surface area (TPSA) is 52.0 Å². The second-order valence-corrected chi connectivity index (χ2v) is 2.51. The van der Waals surface area contributed by atoms with E-state index in [4.69, 9.17) is 11.5 Å². The zero-order valence-corrected chi connectivity index (χ0v) is 7.53. The molecule has 1 aromatic rings. The van der Waals surface area contributed by atoms with Crippen LogP contribution in [0.25, 0.3) is 0 Å². The van der Waals surface area contributed by atoms with Gasteiger partial charge in [-0.1, -0.05) is 6.07 Å². The quantitative estimate of drug-likeness (QED) is 0.588. The van der Waals surface area contributed by atoms with Crippen LogP contribution in [-0.4, -0.2) is 0 Å². The van der Waals surface area contributed by atoms with Crippen LogP contribution in [0.1, 0.15) is 11.1 Å². The SMILES string of the molecule is Cc1ccc(N)c(C)c1N.Cl. The van der Waals surface area contributed by atoms with E-state index in [1.807, 2.05) is 26.0 Å². The third kappa shape index (κ3) is 1.77. The van der Waals surface area contributed by atoms with Crippen molar-refractivity contribution in [3.8, 4) is 0 Å². The van der Waals surface area contributed by atoms with E-state index in [-0.39, 0.29) is 12.4 Å². The Hall–Kier alpha value is -0.890. The van der Waals surface area contributed by atoms with Gasteiger partial charge in [-0.15, -0.1) is 12.4 Å². The van der Waals surface area contributed by atoms with Crippen LogP contribution < -0.4 is 11.5 Å². The first-order valence-electron chi connectivity index (χ1n) is 3.24. The lowest BCUT2D eigenvalue weighted by atomic mass is 10.1. The summed E-state index contributed by atoms with van der Waals surface area (Å²) in [5.41, 5.74) is 15.0. The van der Waals surface area contributed by atoms with Crippen molar-refractivity contribution in [2.45, 2.75) is 13.8 Å². The van der Waals surface area contributed by atoms with Crippen molar-refractivity contribution in [1.29, 1.82) is 0 Å². The van der Waals surface area contributed by atoms with Crippen LogP contribution in [0.2, 0.25) is 0 Å². The predicted octanol–water partition coefficient (Wildman–Crippen LogP) is 1.89. The van der Waals surface area contributed by atoms with Crippen LogP contribution in [-0.2, 0) is 0 Å². The molecule has 0 unspecified atom stereocenters. The molecule has 0 spiro atoms. The third-order valence-corrected chi connectivity index (χ3v) is 1.77. The highest BCUT2D eigenvalue weighted by molar-refractivity contribution is 5.85. The van der Waals surface area contributed by atoms with Gasteiger partial charge >= 0.3 is 0 Å². The highest BCUT2D eigenvalue weighted by Crippen LogP contribution is 2.21. The number of benzene rings is 1. The standard InChI is InChI=1S/C8H12N2.ClH/c1-5-3-4-7(9)6(2)8(5)10;/h3-4H,9-10H2,1-2H3;1H. The Bertz CT molecular complexity index is 232. The van der Waals surface area contributed by atoms with Crippen molar-refractivity contribution >= 4 is 23.8 Å². The molecule has 0 aliphatic rings. The van der Waals surface area contributed by atoms with E-state index in [0.717, 1.165) is 22.5 Å². The van der Waals surface area contributed by atoms with Crippen molar-refractivity contribution in [2.24, 2.45) is 0 Å². The average molecular weight is 173 g/mol. The van der Waals surface area contributed by atoms with Gasteiger partial charge in [-0.3, -0.25) is 0 Å². The first-order valence-corrected chi connectivity index (χ1v) is 3.24. The summed E-state index contributed by atoms with van der Waals surface area (Å²) in [6.07, 6.45) is 0. The molecule has 0 atom stereocenters. The Morgan fingerprint density at radius 2 is 1.64 bits per heavy atom. The van der Waals surface area contributed by atoms with Gasteiger partial charge in [0.15, 0.2) is 0 Å². The monoisotopic (exact) mass is 172 g/mol. The highest BCUT2D eigenvalue weighted by atomic mass is 35.5. The number of nitrogens with two attached hydrogens (primary N) is 2.